The van der Waals surface area contributed by atoms with Gasteiger partial charge in [-0.05, 0) is 43.0 Å². The molecular weight excluding hydrogens is 240 g/mol. The van der Waals surface area contributed by atoms with Gasteiger partial charge in [-0.15, -0.1) is 0 Å². The van der Waals surface area contributed by atoms with E-state index < -0.39 is 0 Å². The molecule has 4 heteroatoms. The Kier molecular flexibility index (Phi) is 4.66. The normalized spacial score (nSPS) is 19.1. The fourth-order valence-corrected chi connectivity index (χ4v) is 2.41. The van der Waals surface area contributed by atoms with Gasteiger partial charge in [-0.1, -0.05) is 6.92 Å². The minimum atomic E-state index is 0.183. The van der Waals surface area contributed by atoms with E-state index in [4.69, 9.17) is 4.74 Å². The molecular formula is C15H22N2O2. The van der Waals surface area contributed by atoms with Crippen molar-refractivity contribution in [2.45, 2.75) is 19.8 Å². The number of piperidine rings is 1. The van der Waals surface area contributed by atoms with Crippen LogP contribution in [0.25, 0.3) is 0 Å². The van der Waals surface area contributed by atoms with E-state index in [2.05, 4.69) is 12.2 Å². The number of ether oxygens (including phenoxy) is 1. The summed E-state index contributed by atoms with van der Waals surface area (Å²) >= 11 is 0. The van der Waals surface area contributed by atoms with Crippen molar-refractivity contribution in [3.05, 3.63) is 24.3 Å². The lowest BCUT2D eigenvalue weighted by Crippen LogP contribution is -2.41. The summed E-state index contributed by atoms with van der Waals surface area (Å²) in [5.41, 5.74) is 0.944. The lowest BCUT2D eigenvalue weighted by atomic mass is 10.0. The molecule has 1 aliphatic heterocycles. The number of nitrogens with one attached hydrogen (secondary N) is 1. The summed E-state index contributed by atoms with van der Waals surface area (Å²) < 4.78 is 5.10. The lowest BCUT2D eigenvalue weighted by Gasteiger charge is -2.31. The topological polar surface area (TPSA) is 41.6 Å². The van der Waals surface area contributed by atoms with Gasteiger partial charge in [-0.2, -0.15) is 0 Å². The van der Waals surface area contributed by atoms with Gasteiger partial charge in [-0.25, -0.2) is 0 Å². The number of amides is 1. The van der Waals surface area contributed by atoms with Gasteiger partial charge in [0.05, 0.1) is 13.7 Å². The highest BCUT2D eigenvalue weighted by Crippen LogP contribution is 2.17. The molecule has 1 aliphatic rings. The second-order valence-electron chi connectivity index (χ2n) is 5.17. The second kappa shape index (κ2) is 6.45. The van der Waals surface area contributed by atoms with Gasteiger partial charge in [0.1, 0.15) is 5.75 Å². The molecule has 19 heavy (non-hydrogen) atoms. The van der Waals surface area contributed by atoms with Crippen molar-refractivity contribution in [1.82, 2.24) is 4.90 Å². The number of benzene rings is 1. The number of anilines is 1. The summed E-state index contributed by atoms with van der Waals surface area (Å²) in [5.74, 6) is 1.63. The molecule has 1 aromatic rings. The Hall–Kier alpha value is -1.71. The molecule has 1 amide bonds. The van der Waals surface area contributed by atoms with Crippen LogP contribution in [0.2, 0.25) is 0 Å². The molecule has 2 rings (SSSR count). The maximum atomic E-state index is 12.1. The average Bonchev–Trinajstić information content (AvgIpc) is 2.45. The fourth-order valence-electron chi connectivity index (χ4n) is 2.41. The number of likely N-dealkylation sites (tertiary alicyclic amines) is 1. The van der Waals surface area contributed by atoms with Crippen molar-refractivity contribution in [2.75, 3.05) is 32.1 Å². The van der Waals surface area contributed by atoms with E-state index in [0.29, 0.717) is 12.5 Å². The van der Waals surface area contributed by atoms with Gasteiger partial charge in [0, 0.05) is 18.8 Å². The predicted molar refractivity (Wildman–Crippen MR) is 76.5 cm³/mol. The number of nitrogens with zero attached hydrogens (tertiary/aromatic N) is 1. The molecule has 0 bridgehead atoms. The summed E-state index contributed by atoms with van der Waals surface area (Å²) in [5, 5.41) is 3.16. The standard InChI is InChI=1S/C15H22N2O2/c1-12-4-3-9-17(11-12)15(18)10-16-13-5-7-14(19-2)8-6-13/h5-8,12,16H,3-4,9-11H2,1-2H3. The summed E-state index contributed by atoms with van der Waals surface area (Å²) in [6.07, 6.45) is 2.35. The molecule has 1 N–H and O–H groups in total. The van der Waals surface area contributed by atoms with Crippen molar-refractivity contribution in [2.24, 2.45) is 5.92 Å². The smallest absolute Gasteiger partial charge is 0.241 e. The average molecular weight is 262 g/mol. The van der Waals surface area contributed by atoms with Crippen LogP contribution in [0.15, 0.2) is 24.3 Å². The summed E-state index contributed by atoms with van der Waals surface area (Å²) in [7, 11) is 1.64. The lowest BCUT2D eigenvalue weighted by molar-refractivity contribution is -0.130. The van der Waals surface area contributed by atoms with Crippen molar-refractivity contribution in [3.63, 3.8) is 0 Å². The zero-order valence-corrected chi connectivity index (χ0v) is 11.7. The number of methoxy groups -OCH3 is 1. The van der Waals surface area contributed by atoms with Gasteiger partial charge < -0.3 is 15.0 Å². The van der Waals surface area contributed by atoms with Gasteiger partial charge in [-0.3, -0.25) is 4.79 Å². The summed E-state index contributed by atoms with van der Waals surface area (Å²) in [6, 6.07) is 7.61. The number of hydrogen-bond donors (Lipinski definition) is 1. The van der Waals surface area contributed by atoms with Gasteiger partial charge in [0.15, 0.2) is 0 Å². The van der Waals surface area contributed by atoms with Crippen LogP contribution in [-0.2, 0) is 4.79 Å². The molecule has 1 atom stereocenters. The Morgan fingerprint density at radius 1 is 1.42 bits per heavy atom. The highest BCUT2D eigenvalue weighted by Gasteiger charge is 2.20. The summed E-state index contributed by atoms with van der Waals surface area (Å²) in [6.45, 7) is 4.35. The zero-order chi connectivity index (χ0) is 13.7. The molecule has 4 nitrogen and oxygen atoms in total. The quantitative estimate of drug-likeness (QED) is 0.905. The molecule has 1 fully saturated rings. The second-order valence-corrected chi connectivity index (χ2v) is 5.17. The van der Waals surface area contributed by atoms with Crippen LogP contribution >= 0.6 is 0 Å². The molecule has 0 spiro atoms. The minimum Gasteiger partial charge on any atom is -0.497 e. The molecule has 0 radical (unpaired) electrons. The van der Waals surface area contributed by atoms with Crippen molar-refractivity contribution in [1.29, 1.82) is 0 Å². The van der Waals surface area contributed by atoms with Crippen molar-refractivity contribution >= 4 is 11.6 Å². The van der Waals surface area contributed by atoms with E-state index in [9.17, 15) is 4.79 Å². The maximum absolute atomic E-state index is 12.1. The fraction of sp³-hybridized carbons (Fsp3) is 0.533. The Balaban J connectivity index is 1.82. The molecule has 1 unspecified atom stereocenters. The first-order valence-electron chi connectivity index (χ1n) is 6.84. The van der Waals surface area contributed by atoms with Crippen LogP contribution in [0, 0.1) is 5.92 Å². The number of carbonyl (C=O) groups excluding carboxylic acids is 1. The molecule has 1 aromatic carbocycles. The SMILES string of the molecule is COc1ccc(NCC(=O)N2CCCC(C)C2)cc1. The van der Waals surface area contributed by atoms with Gasteiger partial charge in [0.2, 0.25) is 5.91 Å². The van der Waals surface area contributed by atoms with Crippen LogP contribution in [0.5, 0.6) is 5.75 Å². The van der Waals surface area contributed by atoms with Gasteiger partial charge in [0.25, 0.3) is 0 Å². The van der Waals surface area contributed by atoms with Crippen molar-refractivity contribution < 1.29 is 9.53 Å². The van der Waals surface area contributed by atoms with Crippen LogP contribution in [0.3, 0.4) is 0 Å². The van der Waals surface area contributed by atoms with Crippen molar-refractivity contribution in [3.8, 4) is 5.75 Å². The zero-order valence-electron chi connectivity index (χ0n) is 11.7. The third-order valence-electron chi connectivity index (χ3n) is 3.54. The van der Waals surface area contributed by atoms with E-state index in [-0.39, 0.29) is 5.91 Å². The highest BCUT2D eigenvalue weighted by atomic mass is 16.5. The maximum Gasteiger partial charge on any atom is 0.241 e. The van der Waals surface area contributed by atoms with E-state index in [1.165, 1.54) is 6.42 Å². The minimum absolute atomic E-state index is 0.183. The van der Waals surface area contributed by atoms with E-state index in [1.54, 1.807) is 7.11 Å². The highest BCUT2D eigenvalue weighted by molar-refractivity contribution is 5.81. The van der Waals surface area contributed by atoms with E-state index >= 15 is 0 Å². The Morgan fingerprint density at radius 2 is 2.16 bits per heavy atom. The van der Waals surface area contributed by atoms with Crippen LogP contribution < -0.4 is 10.1 Å². The monoisotopic (exact) mass is 262 g/mol. The Morgan fingerprint density at radius 3 is 2.79 bits per heavy atom. The van der Waals surface area contributed by atoms with Gasteiger partial charge >= 0.3 is 0 Å². The van der Waals surface area contributed by atoms with E-state index in [1.807, 2.05) is 29.2 Å². The summed E-state index contributed by atoms with van der Waals surface area (Å²) in [4.78, 5) is 14.0. The molecule has 0 aromatic heterocycles. The first-order valence-corrected chi connectivity index (χ1v) is 6.84. The number of carbonyl (C=O) groups is 1. The molecule has 1 saturated heterocycles. The molecule has 1 heterocycles. The van der Waals surface area contributed by atoms with E-state index in [0.717, 1.165) is 30.9 Å². The first kappa shape index (κ1) is 13.7. The van der Waals surface area contributed by atoms with Crippen LogP contribution in [0.1, 0.15) is 19.8 Å². The molecule has 104 valence electrons. The van der Waals surface area contributed by atoms with Crippen LogP contribution in [0.4, 0.5) is 5.69 Å². The Labute approximate surface area is 114 Å². The third kappa shape index (κ3) is 3.88. The molecule has 0 aliphatic carbocycles. The van der Waals surface area contributed by atoms with Crippen LogP contribution in [-0.4, -0.2) is 37.6 Å². The number of rotatable bonds is 4. The first-order chi connectivity index (χ1) is 9.19. The Bertz CT molecular complexity index is 417. The largest absolute Gasteiger partial charge is 0.497 e. The molecule has 0 saturated carbocycles. The third-order valence-corrected chi connectivity index (χ3v) is 3.54. The number of hydrogen-bond acceptors (Lipinski definition) is 3. The predicted octanol–water partition coefficient (Wildman–Crippen LogP) is 2.37.